The monoisotopic (exact) mass is 498 g/mol. The largest absolute Gasteiger partial charge is 0.493 e. The molecule has 3 rings (SSSR count). The first kappa shape index (κ1) is 25.6. The fourth-order valence-corrected chi connectivity index (χ4v) is 4.17. The Morgan fingerprint density at radius 2 is 1.51 bits per heavy atom. The minimum atomic E-state index is -3.94. The number of benzene rings is 3. The number of amides is 1. The van der Waals surface area contributed by atoms with Gasteiger partial charge in [-0.2, -0.15) is 0 Å². The van der Waals surface area contributed by atoms with Gasteiger partial charge in [-0.1, -0.05) is 23.8 Å². The lowest BCUT2D eigenvalue weighted by atomic mass is 10.2. The Balaban J connectivity index is 1.68. The SMILES string of the molecule is COc1ccc(NC(=O)C(C)OC(=O)c2cccc(S(=O)(=O)Nc3ccc(C)cc3)c2)cc1OC. The van der Waals surface area contributed by atoms with Crippen molar-refractivity contribution in [3.8, 4) is 11.5 Å². The maximum absolute atomic E-state index is 12.7. The number of nitrogens with one attached hydrogen (secondary N) is 2. The van der Waals surface area contributed by atoms with Crippen LogP contribution in [0.1, 0.15) is 22.8 Å². The van der Waals surface area contributed by atoms with E-state index in [1.165, 1.54) is 45.4 Å². The molecule has 0 fully saturated rings. The highest BCUT2D eigenvalue weighted by Crippen LogP contribution is 2.29. The van der Waals surface area contributed by atoms with Gasteiger partial charge in [0, 0.05) is 17.4 Å². The predicted octanol–water partition coefficient (Wildman–Crippen LogP) is 4.00. The molecule has 0 bridgehead atoms. The Bertz CT molecular complexity index is 1320. The molecule has 9 nitrogen and oxygen atoms in total. The zero-order valence-electron chi connectivity index (χ0n) is 19.7. The summed E-state index contributed by atoms with van der Waals surface area (Å²) in [6, 6.07) is 17.0. The summed E-state index contributed by atoms with van der Waals surface area (Å²) < 4.78 is 43.6. The molecule has 0 spiro atoms. The van der Waals surface area contributed by atoms with Crippen molar-refractivity contribution in [2.45, 2.75) is 24.8 Å². The van der Waals surface area contributed by atoms with Crippen molar-refractivity contribution < 1.29 is 32.2 Å². The molecule has 0 saturated heterocycles. The van der Waals surface area contributed by atoms with Crippen LogP contribution >= 0.6 is 0 Å². The molecule has 3 aromatic carbocycles. The molecule has 10 heteroatoms. The first-order chi connectivity index (χ1) is 16.6. The summed E-state index contributed by atoms with van der Waals surface area (Å²) in [7, 11) is -0.972. The fraction of sp³-hybridized carbons (Fsp3) is 0.200. The van der Waals surface area contributed by atoms with Crippen molar-refractivity contribution >= 4 is 33.3 Å². The Morgan fingerprint density at radius 3 is 2.17 bits per heavy atom. The molecular weight excluding hydrogens is 472 g/mol. The van der Waals surface area contributed by atoms with Crippen LogP contribution < -0.4 is 19.5 Å². The Hall–Kier alpha value is -4.05. The van der Waals surface area contributed by atoms with Crippen molar-refractivity contribution in [2.75, 3.05) is 24.3 Å². The summed E-state index contributed by atoms with van der Waals surface area (Å²) in [5.41, 5.74) is 1.79. The Morgan fingerprint density at radius 1 is 0.857 bits per heavy atom. The third kappa shape index (κ3) is 6.51. The van der Waals surface area contributed by atoms with Crippen molar-refractivity contribution in [1.82, 2.24) is 0 Å². The van der Waals surface area contributed by atoms with Crippen LogP contribution in [0.4, 0.5) is 11.4 Å². The standard InChI is InChI=1S/C25H26N2O7S/c1-16-8-10-19(11-9-16)27-35(30,31)21-7-5-6-18(14-21)25(29)34-17(2)24(28)26-20-12-13-22(32-3)23(15-20)33-4/h5-15,17,27H,1-4H3,(H,26,28). The van der Waals surface area contributed by atoms with Crippen molar-refractivity contribution in [2.24, 2.45) is 0 Å². The maximum atomic E-state index is 12.7. The zero-order valence-corrected chi connectivity index (χ0v) is 20.5. The van der Waals surface area contributed by atoms with Crippen LogP contribution in [0.2, 0.25) is 0 Å². The van der Waals surface area contributed by atoms with Gasteiger partial charge in [-0.25, -0.2) is 13.2 Å². The van der Waals surface area contributed by atoms with Crippen LogP contribution in [0, 0.1) is 6.92 Å². The average Bonchev–Trinajstić information content (AvgIpc) is 2.85. The second kappa shape index (κ2) is 10.9. The summed E-state index contributed by atoms with van der Waals surface area (Å²) in [6.07, 6.45) is -1.15. The molecule has 3 aromatic rings. The van der Waals surface area contributed by atoms with E-state index < -0.39 is 28.0 Å². The first-order valence-electron chi connectivity index (χ1n) is 10.6. The Labute approximate surface area is 204 Å². The van der Waals surface area contributed by atoms with E-state index in [9.17, 15) is 18.0 Å². The van der Waals surface area contributed by atoms with Gasteiger partial charge in [0.05, 0.1) is 24.7 Å². The van der Waals surface area contributed by atoms with E-state index in [0.717, 1.165) is 5.56 Å². The smallest absolute Gasteiger partial charge is 0.338 e. The van der Waals surface area contributed by atoms with Crippen LogP contribution in [0.25, 0.3) is 0 Å². The molecular formula is C25H26N2O7S. The summed E-state index contributed by atoms with van der Waals surface area (Å²) in [5.74, 6) is -0.494. The second-order valence-corrected chi connectivity index (χ2v) is 9.29. The van der Waals surface area contributed by atoms with Gasteiger partial charge in [0.2, 0.25) is 0 Å². The molecule has 184 valence electrons. The molecule has 0 aromatic heterocycles. The third-order valence-corrected chi connectivity index (χ3v) is 6.37. The molecule has 1 atom stereocenters. The second-order valence-electron chi connectivity index (χ2n) is 7.61. The van der Waals surface area contributed by atoms with Gasteiger partial charge < -0.3 is 19.5 Å². The number of sulfonamides is 1. The number of aryl methyl sites for hydroxylation is 1. The maximum Gasteiger partial charge on any atom is 0.338 e. The molecule has 0 heterocycles. The molecule has 1 unspecified atom stereocenters. The van der Waals surface area contributed by atoms with Crippen molar-refractivity contribution in [3.63, 3.8) is 0 Å². The van der Waals surface area contributed by atoms with E-state index in [-0.39, 0.29) is 10.5 Å². The number of carbonyl (C=O) groups excluding carboxylic acids is 2. The van der Waals surface area contributed by atoms with E-state index in [0.29, 0.717) is 22.9 Å². The number of hydrogen-bond acceptors (Lipinski definition) is 7. The molecule has 0 saturated carbocycles. The summed E-state index contributed by atoms with van der Waals surface area (Å²) >= 11 is 0. The predicted molar refractivity (Wildman–Crippen MR) is 131 cm³/mol. The third-order valence-electron chi connectivity index (χ3n) is 4.99. The first-order valence-corrected chi connectivity index (χ1v) is 12.0. The molecule has 35 heavy (non-hydrogen) atoms. The van der Waals surface area contributed by atoms with Gasteiger partial charge in [0.15, 0.2) is 17.6 Å². The van der Waals surface area contributed by atoms with E-state index in [2.05, 4.69) is 10.0 Å². The molecule has 0 radical (unpaired) electrons. The fourth-order valence-electron chi connectivity index (χ4n) is 3.07. The normalized spacial score (nSPS) is 11.8. The zero-order chi connectivity index (χ0) is 25.6. The lowest BCUT2D eigenvalue weighted by Crippen LogP contribution is -2.30. The summed E-state index contributed by atoms with van der Waals surface area (Å²) in [5, 5.41) is 2.63. The summed E-state index contributed by atoms with van der Waals surface area (Å²) in [6.45, 7) is 3.30. The number of esters is 1. The highest BCUT2D eigenvalue weighted by molar-refractivity contribution is 7.92. The van der Waals surface area contributed by atoms with Gasteiger partial charge in [-0.3, -0.25) is 9.52 Å². The van der Waals surface area contributed by atoms with Gasteiger partial charge in [-0.15, -0.1) is 0 Å². The van der Waals surface area contributed by atoms with Gasteiger partial charge >= 0.3 is 5.97 Å². The quantitative estimate of drug-likeness (QED) is 0.428. The van der Waals surface area contributed by atoms with Crippen LogP contribution in [0.5, 0.6) is 11.5 Å². The van der Waals surface area contributed by atoms with Crippen molar-refractivity contribution in [3.05, 3.63) is 77.9 Å². The molecule has 0 aliphatic carbocycles. The molecule has 1 amide bonds. The highest BCUT2D eigenvalue weighted by atomic mass is 32.2. The minimum Gasteiger partial charge on any atom is -0.493 e. The lowest BCUT2D eigenvalue weighted by molar-refractivity contribution is -0.123. The van der Waals surface area contributed by atoms with Gasteiger partial charge in [-0.05, 0) is 56.3 Å². The number of carbonyl (C=O) groups is 2. The molecule has 0 aliphatic rings. The summed E-state index contributed by atoms with van der Waals surface area (Å²) in [4.78, 5) is 25.0. The van der Waals surface area contributed by atoms with E-state index in [4.69, 9.17) is 14.2 Å². The van der Waals surface area contributed by atoms with Gasteiger partial charge in [0.25, 0.3) is 15.9 Å². The molecule has 0 aliphatic heterocycles. The number of hydrogen-bond donors (Lipinski definition) is 2. The number of rotatable bonds is 9. The van der Waals surface area contributed by atoms with Crippen LogP contribution in [-0.2, 0) is 19.6 Å². The lowest BCUT2D eigenvalue weighted by Gasteiger charge is -2.15. The number of ether oxygens (including phenoxy) is 3. The van der Waals surface area contributed by atoms with Crippen LogP contribution in [-0.4, -0.2) is 40.6 Å². The Kier molecular flexibility index (Phi) is 7.98. The molecule has 2 N–H and O–H groups in total. The highest BCUT2D eigenvalue weighted by Gasteiger charge is 2.22. The van der Waals surface area contributed by atoms with Crippen LogP contribution in [0.3, 0.4) is 0 Å². The number of anilines is 2. The minimum absolute atomic E-state index is 0.0115. The van der Waals surface area contributed by atoms with Crippen molar-refractivity contribution in [1.29, 1.82) is 0 Å². The average molecular weight is 499 g/mol. The van der Waals surface area contributed by atoms with E-state index >= 15 is 0 Å². The van der Waals surface area contributed by atoms with Gasteiger partial charge in [0.1, 0.15) is 0 Å². The topological polar surface area (TPSA) is 120 Å². The van der Waals surface area contributed by atoms with E-state index in [1.807, 2.05) is 6.92 Å². The van der Waals surface area contributed by atoms with Crippen LogP contribution in [0.15, 0.2) is 71.6 Å². The van der Waals surface area contributed by atoms with E-state index in [1.54, 1.807) is 42.5 Å². The number of methoxy groups -OCH3 is 2.